The second-order valence-corrected chi connectivity index (χ2v) is 11.7. The Morgan fingerprint density at radius 1 is 1.18 bits per heavy atom. The van der Waals surface area contributed by atoms with Gasteiger partial charge in [-0.1, -0.05) is 11.2 Å². The second-order valence-electron chi connectivity index (χ2n) is 9.76. The minimum Gasteiger partial charge on any atom is -0.364 e. The van der Waals surface area contributed by atoms with Crippen LogP contribution in [0.15, 0.2) is 47.2 Å². The standard InChI is InChI=1S/C25H25F2N7O4S/c1-31-21-12-16(2-4-20(21)34(39(31,36)37)15-18-13-25(18,26)27)23-17(14-28)3-5-22(29-23)32-7-9-33(10-8-32)24(35)19-6-11-38-30-19/h2-6,11-12,18,36-37H,7-10,13,15H2,1H3. The topological polar surface area (TPSA) is 133 Å². The zero-order valence-corrected chi connectivity index (χ0v) is 21.7. The third kappa shape index (κ3) is 4.32. The fraction of sp³-hybridized carbons (Fsp3) is 0.360. The summed E-state index contributed by atoms with van der Waals surface area (Å²) >= 11 is 0. The Bertz CT molecular complexity index is 1470. The highest BCUT2D eigenvalue weighted by molar-refractivity contribution is 8.26. The zero-order chi connectivity index (χ0) is 27.5. The minimum absolute atomic E-state index is 0.172. The molecule has 0 radical (unpaired) electrons. The summed E-state index contributed by atoms with van der Waals surface area (Å²) in [5, 5.41) is 13.5. The highest BCUT2D eigenvalue weighted by atomic mass is 32.3. The maximum Gasteiger partial charge on any atom is 0.276 e. The maximum atomic E-state index is 13.6. The molecule has 0 bridgehead atoms. The number of amides is 1. The first-order valence-corrected chi connectivity index (χ1v) is 13.7. The molecule has 0 spiro atoms. The lowest BCUT2D eigenvalue weighted by atomic mass is 10.0. The zero-order valence-electron chi connectivity index (χ0n) is 20.9. The van der Waals surface area contributed by atoms with Crippen molar-refractivity contribution < 1.29 is 27.2 Å². The smallest absolute Gasteiger partial charge is 0.276 e. The number of aromatic nitrogens is 2. The molecule has 1 amide bonds. The Morgan fingerprint density at radius 3 is 2.56 bits per heavy atom. The molecule has 2 N–H and O–H groups in total. The number of fused-ring (bicyclic) bond motifs is 1. The monoisotopic (exact) mass is 557 g/mol. The van der Waals surface area contributed by atoms with Crippen molar-refractivity contribution in [3.05, 3.63) is 53.9 Å². The molecule has 204 valence electrons. The average Bonchev–Trinajstić information content (AvgIpc) is 3.24. The molecule has 1 aliphatic carbocycles. The largest absolute Gasteiger partial charge is 0.364 e. The first-order chi connectivity index (χ1) is 18.6. The van der Waals surface area contributed by atoms with Crippen molar-refractivity contribution in [2.24, 2.45) is 5.92 Å². The molecule has 3 aromatic rings. The fourth-order valence-corrected chi connectivity index (χ4v) is 6.47. The number of anilines is 3. The average molecular weight is 558 g/mol. The lowest BCUT2D eigenvalue weighted by Gasteiger charge is -2.42. The molecule has 1 aromatic carbocycles. The highest BCUT2D eigenvalue weighted by Crippen LogP contribution is 2.63. The number of rotatable bonds is 5. The lowest BCUT2D eigenvalue weighted by Crippen LogP contribution is -2.49. The van der Waals surface area contributed by atoms with Crippen LogP contribution in [0, 0.1) is 17.2 Å². The Morgan fingerprint density at radius 2 is 1.92 bits per heavy atom. The SMILES string of the molecule is CN1c2cc(-c3nc(N4CCN(C(=O)c5ccon5)CC4)ccc3C#N)ccc2N(CC2CC2(F)F)S1(O)O. The number of hydrogen-bond acceptors (Lipinski definition) is 10. The van der Waals surface area contributed by atoms with Crippen LogP contribution in [-0.2, 0) is 0 Å². The van der Waals surface area contributed by atoms with Gasteiger partial charge >= 0.3 is 0 Å². The molecule has 39 heavy (non-hydrogen) atoms. The van der Waals surface area contributed by atoms with Gasteiger partial charge in [0.15, 0.2) is 5.69 Å². The molecule has 1 atom stereocenters. The van der Waals surface area contributed by atoms with E-state index in [4.69, 9.17) is 9.51 Å². The van der Waals surface area contributed by atoms with Crippen LogP contribution < -0.4 is 13.5 Å². The number of alkyl halides is 2. The maximum absolute atomic E-state index is 13.6. The van der Waals surface area contributed by atoms with Gasteiger partial charge in [0.1, 0.15) is 18.2 Å². The van der Waals surface area contributed by atoms with E-state index < -0.39 is 22.8 Å². The van der Waals surface area contributed by atoms with E-state index in [0.717, 1.165) is 0 Å². The number of carbonyl (C=O) groups excluding carboxylic acids is 1. The van der Waals surface area contributed by atoms with Crippen LogP contribution in [0.25, 0.3) is 11.3 Å². The Kier molecular flexibility index (Phi) is 5.90. The lowest BCUT2D eigenvalue weighted by molar-refractivity contribution is 0.0736. The number of nitrogens with zero attached hydrogens (tertiary/aromatic N) is 7. The summed E-state index contributed by atoms with van der Waals surface area (Å²) in [6.45, 7) is 1.79. The summed E-state index contributed by atoms with van der Waals surface area (Å²) in [6.07, 6.45) is 1.08. The number of piperazine rings is 1. The number of pyridine rings is 1. The van der Waals surface area contributed by atoms with E-state index in [-0.39, 0.29) is 24.6 Å². The van der Waals surface area contributed by atoms with Crippen LogP contribution >= 0.6 is 11.0 Å². The quantitative estimate of drug-likeness (QED) is 0.473. The van der Waals surface area contributed by atoms with E-state index in [2.05, 4.69) is 11.2 Å². The van der Waals surface area contributed by atoms with Gasteiger partial charge in [-0.15, -0.1) is 0 Å². The van der Waals surface area contributed by atoms with E-state index in [1.54, 1.807) is 35.2 Å². The van der Waals surface area contributed by atoms with Gasteiger partial charge in [0, 0.05) is 63.7 Å². The van der Waals surface area contributed by atoms with E-state index in [1.807, 2.05) is 4.90 Å². The predicted molar refractivity (Wildman–Crippen MR) is 141 cm³/mol. The van der Waals surface area contributed by atoms with E-state index >= 15 is 0 Å². The molecule has 11 nitrogen and oxygen atoms in total. The molecule has 1 saturated heterocycles. The third-order valence-corrected chi connectivity index (χ3v) is 9.28. The van der Waals surface area contributed by atoms with Crippen LogP contribution in [0.5, 0.6) is 0 Å². The van der Waals surface area contributed by atoms with Crippen molar-refractivity contribution in [2.45, 2.75) is 12.3 Å². The molecule has 14 heteroatoms. The van der Waals surface area contributed by atoms with Crippen molar-refractivity contribution >= 4 is 34.1 Å². The van der Waals surface area contributed by atoms with Gasteiger partial charge in [-0.3, -0.25) is 22.5 Å². The van der Waals surface area contributed by atoms with Crippen molar-refractivity contribution in [1.82, 2.24) is 15.0 Å². The van der Waals surface area contributed by atoms with Gasteiger partial charge < -0.3 is 14.3 Å². The van der Waals surface area contributed by atoms with Crippen LogP contribution in [0.2, 0.25) is 0 Å². The van der Waals surface area contributed by atoms with Gasteiger partial charge in [-0.25, -0.2) is 13.8 Å². The number of carbonyl (C=O) groups is 1. The van der Waals surface area contributed by atoms with Crippen molar-refractivity contribution in [3.8, 4) is 17.3 Å². The molecule has 4 heterocycles. The number of nitriles is 1. The summed E-state index contributed by atoms with van der Waals surface area (Å²) in [7, 11) is -2.00. The summed E-state index contributed by atoms with van der Waals surface area (Å²) in [5.41, 5.74) is 2.47. The second kappa shape index (κ2) is 9.08. The Balaban J connectivity index is 1.25. The van der Waals surface area contributed by atoms with Gasteiger partial charge in [0.2, 0.25) is 0 Å². The molecular weight excluding hydrogens is 532 g/mol. The molecular formula is C25H25F2N7O4S. The van der Waals surface area contributed by atoms with Gasteiger partial charge in [0.25, 0.3) is 11.8 Å². The van der Waals surface area contributed by atoms with Gasteiger partial charge in [-0.05, 0) is 35.2 Å². The Hall–Kier alpha value is -3.93. The normalized spacial score (nSPS) is 21.9. The summed E-state index contributed by atoms with van der Waals surface area (Å²) < 4.78 is 56.1. The first kappa shape index (κ1) is 25.4. The van der Waals surface area contributed by atoms with Crippen molar-refractivity contribution in [1.29, 1.82) is 5.26 Å². The number of benzene rings is 1. The highest BCUT2D eigenvalue weighted by Gasteiger charge is 2.59. The molecule has 3 aliphatic rings. The molecule has 2 fully saturated rings. The number of hydrogen-bond donors (Lipinski definition) is 2. The summed E-state index contributed by atoms with van der Waals surface area (Å²) in [5.74, 6) is -3.30. The van der Waals surface area contributed by atoms with E-state index in [9.17, 15) is 27.9 Å². The Labute approximate surface area is 224 Å². The van der Waals surface area contributed by atoms with Crippen molar-refractivity contribution in [3.63, 3.8) is 0 Å². The van der Waals surface area contributed by atoms with Crippen LogP contribution in [0.1, 0.15) is 22.5 Å². The number of halogens is 2. The summed E-state index contributed by atoms with van der Waals surface area (Å²) in [6, 6.07) is 12.2. The fourth-order valence-electron chi connectivity index (χ4n) is 4.97. The molecule has 6 rings (SSSR count). The first-order valence-electron chi connectivity index (χ1n) is 12.3. The van der Waals surface area contributed by atoms with Crippen LogP contribution in [-0.4, -0.2) is 75.7 Å². The van der Waals surface area contributed by atoms with Crippen LogP contribution in [0.3, 0.4) is 0 Å². The minimum atomic E-state index is -3.50. The van der Waals surface area contributed by atoms with Gasteiger partial charge in [-0.2, -0.15) is 5.26 Å². The molecule has 1 unspecified atom stereocenters. The van der Waals surface area contributed by atoms with Crippen molar-refractivity contribution in [2.75, 3.05) is 53.3 Å². The molecule has 1 saturated carbocycles. The molecule has 2 aliphatic heterocycles. The molecule has 2 aromatic heterocycles. The summed E-state index contributed by atoms with van der Waals surface area (Å²) in [4.78, 5) is 21.0. The predicted octanol–water partition coefficient (Wildman–Crippen LogP) is 4.06. The van der Waals surface area contributed by atoms with Gasteiger partial charge in [0.05, 0.1) is 22.6 Å². The third-order valence-electron chi connectivity index (χ3n) is 7.41. The van der Waals surface area contributed by atoms with E-state index in [1.165, 1.54) is 28.0 Å². The van der Waals surface area contributed by atoms with E-state index in [0.29, 0.717) is 60.2 Å². The van der Waals surface area contributed by atoms with Crippen LogP contribution in [0.4, 0.5) is 26.0 Å².